The molecular weight excluding hydrogens is 247 g/mol. The average molecular weight is 262 g/mol. The Bertz CT molecular complexity index is 504. The smallest absolute Gasteiger partial charge is 0.306 e. The summed E-state index contributed by atoms with van der Waals surface area (Å²) in [5, 5.41) is 18.2. The third kappa shape index (κ3) is 3.09. The molecule has 100 valence electrons. The van der Waals surface area contributed by atoms with Crippen LogP contribution in [0.3, 0.4) is 0 Å². The summed E-state index contributed by atoms with van der Waals surface area (Å²) in [5.41, 5.74) is 0.622. The van der Waals surface area contributed by atoms with E-state index in [0.717, 1.165) is 0 Å². The zero-order valence-corrected chi connectivity index (χ0v) is 10.4. The molecule has 1 aliphatic heterocycles. The van der Waals surface area contributed by atoms with Gasteiger partial charge in [0.05, 0.1) is 12.0 Å². The number of carboxylic acids is 1. The minimum absolute atomic E-state index is 0.330. The molecule has 1 fully saturated rings. The number of rotatable bonds is 3. The van der Waals surface area contributed by atoms with Crippen molar-refractivity contribution in [2.45, 2.75) is 18.9 Å². The van der Waals surface area contributed by atoms with Crippen LogP contribution in [0.1, 0.15) is 24.4 Å². The molecule has 1 unspecified atom stereocenters. The Labute approximate surface area is 111 Å². The number of hydrogen-bond donors (Lipinski definition) is 1. The van der Waals surface area contributed by atoms with Crippen molar-refractivity contribution >= 4 is 5.97 Å². The van der Waals surface area contributed by atoms with Crippen molar-refractivity contribution in [1.82, 2.24) is 4.90 Å². The van der Waals surface area contributed by atoms with Crippen LogP contribution in [0.15, 0.2) is 24.3 Å². The number of hydrogen-bond acceptors (Lipinski definition) is 3. The highest BCUT2D eigenvalue weighted by atomic mass is 19.1. The van der Waals surface area contributed by atoms with Gasteiger partial charge in [-0.3, -0.25) is 9.69 Å². The van der Waals surface area contributed by atoms with Crippen LogP contribution in [0.25, 0.3) is 0 Å². The molecular formula is C14H15FN2O2. The molecule has 1 saturated heterocycles. The van der Waals surface area contributed by atoms with Crippen molar-refractivity contribution in [3.05, 3.63) is 35.6 Å². The number of benzene rings is 1. The summed E-state index contributed by atoms with van der Waals surface area (Å²) < 4.78 is 13.2. The van der Waals surface area contributed by atoms with Crippen LogP contribution in [0.5, 0.6) is 0 Å². The predicted octanol–water partition coefficient (Wildman–Crippen LogP) is 2.19. The minimum Gasteiger partial charge on any atom is -0.481 e. The maximum atomic E-state index is 13.2. The fraction of sp³-hybridized carbons (Fsp3) is 0.429. The van der Waals surface area contributed by atoms with Crippen molar-refractivity contribution in [2.75, 3.05) is 13.1 Å². The maximum absolute atomic E-state index is 13.2. The number of likely N-dealkylation sites (tertiary alicyclic amines) is 1. The van der Waals surface area contributed by atoms with E-state index in [9.17, 15) is 14.4 Å². The highest BCUT2D eigenvalue weighted by molar-refractivity contribution is 5.70. The van der Waals surface area contributed by atoms with Crippen molar-refractivity contribution < 1.29 is 14.3 Å². The van der Waals surface area contributed by atoms with E-state index >= 15 is 0 Å². The molecule has 0 aliphatic carbocycles. The number of nitriles is 1. The molecule has 1 atom stereocenters. The van der Waals surface area contributed by atoms with E-state index in [0.29, 0.717) is 31.5 Å². The molecule has 1 heterocycles. The summed E-state index contributed by atoms with van der Waals surface area (Å²) >= 11 is 0. The Balaban J connectivity index is 2.08. The van der Waals surface area contributed by atoms with E-state index in [-0.39, 0.29) is 11.7 Å². The van der Waals surface area contributed by atoms with Gasteiger partial charge in [0.2, 0.25) is 0 Å². The Morgan fingerprint density at radius 3 is 2.68 bits per heavy atom. The Morgan fingerprint density at radius 2 is 2.16 bits per heavy atom. The fourth-order valence-electron chi connectivity index (χ4n) is 2.45. The monoisotopic (exact) mass is 262 g/mol. The van der Waals surface area contributed by atoms with Gasteiger partial charge < -0.3 is 5.11 Å². The first kappa shape index (κ1) is 13.5. The summed E-state index contributed by atoms with van der Waals surface area (Å²) in [5.74, 6) is -1.47. The van der Waals surface area contributed by atoms with E-state index in [2.05, 4.69) is 6.07 Å². The number of halogens is 1. The van der Waals surface area contributed by atoms with Crippen LogP contribution in [-0.4, -0.2) is 29.1 Å². The van der Waals surface area contributed by atoms with Crippen LogP contribution in [0.2, 0.25) is 0 Å². The lowest BCUT2D eigenvalue weighted by Crippen LogP contribution is -2.38. The molecule has 1 aromatic rings. The number of piperidine rings is 1. The summed E-state index contributed by atoms with van der Waals surface area (Å²) in [6.45, 7) is 1.09. The molecule has 4 nitrogen and oxygen atoms in total. The number of carbonyl (C=O) groups is 1. The third-order valence-corrected chi connectivity index (χ3v) is 3.53. The highest BCUT2D eigenvalue weighted by Crippen LogP contribution is 2.26. The molecule has 0 bridgehead atoms. The van der Waals surface area contributed by atoms with Crippen LogP contribution in [-0.2, 0) is 4.79 Å². The lowest BCUT2D eigenvalue weighted by molar-refractivity contribution is -0.143. The molecule has 1 aromatic carbocycles. The van der Waals surface area contributed by atoms with Gasteiger partial charge >= 0.3 is 5.97 Å². The van der Waals surface area contributed by atoms with Gasteiger partial charge in [-0.1, -0.05) is 12.1 Å². The summed E-state index contributed by atoms with van der Waals surface area (Å²) in [6.07, 6.45) is 1.06. The van der Waals surface area contributed by atoms with Gasteiger partial charge in [0, 0.05) is 13.1 Å². The average Bonchev–Trinajstić information content (AvgIpc) is 2.40. The van der Waals surface area contributed by atoms with Gasteiger partial charge in [-0.2, -0.15) is 5.26 Å². The molecule has 1 aliphatic rings. The normalized spacial score (nSPS) is 18.7. The molecule has 2 rings (SSSR count). The lowest BCUT2D eigenvalue weighted by atomic mass is 9.94. The first-order valence-corrected chi connectivity index (χ1v) is 6.23. The van der Waals surface area contributed by atoms with Gasteiger partial charge in [0.25, 0.3) is 0 Å². The second-order valence-corrected chi connectivity index (χ2v) is 4.74. The zero-order chi connectivity index (χ0) is 13.8. The molecule has 5 heteroatoms. The van der Waals surface area contributed by atoms with E-state index < -0.39 is 12.0 Å². The molecule has 0 aromatic heterocycles. The Hall–Kier alpha value is -1.93. The second kappa shape index (κ2) is 5.81. The largest absolute Gasteiger partial charge is 0.481 e. The minimum atomic E-state index is -0.779. The third-order valence-electron chi connectivity index (χ3n) is 3.53. The predicted molar refractivity (Wildman–Crippen MR) is 66.7 cm³/mol. The van der Waals surface area contributed by atoms with Gasteiger partial charge in [0.15, 0.2) is 0 Å². The molecule has 0 radical (unpaired) electrons. The van der Waals surface area contributed by atoms with E-state index in [1.807, 2.05) is 4.90 Å². The van der Waals surface area contributed by atoms with E-state index in [1.54, 1.807) is 12.1 Å². The van der Waals surface area contributed by atoms with Crippen LogP contribution in [0.4, 0.5) is 4.39 Å². The van der Waals surface area contributed by atoms with E-state index in [1.165, 1.54) is 12.1 Å². The van der Waals surface area contributed by atoms with Gasteiger partial charge in [-0.05, 0) is 30.5 Å². The SMILES string of the molecule is N#CC(c1cccc(F)c1)N1CCC(C(=O)O)CC1. The summed E-state index contributed by atoms with van der Waals surface area (Å²) in [7, 11) is 0. The van der Waals surface area contributed by atoms with Gasteiger partial charge in [-0.15, -0.1) is 0 Å². The van der Waals surface area contributed by atoms with Crippen molar-refractivity contribution in [3.63, 3.8) is 0 Å². The number of carboxylic acid groups (broad SMARTS) is 1. The van der Waals surface area contributed by atoms with Crippen LogP contribution < -0.4 is 0 Å². The Kier molecular flexibility index (Phi) is 4.13. The summed E-state index contributed by atoms with van der Waals surface area (Å²) in [6, 6.07) is 7.67. The standard InChI is InChI=1S/C14H15FN2O2/c15-12-3-1-2-11(8-12)13(9-16)17-6-4-10(5-7-17)14(18)19/h1-3,8,10,13H,4-7H2,(H,18,19). The zero-order valence-electron chi connectivity index (χ0n) is 10.4. The maximum Gasteiger partial charge on any atom is 0.306 e. The van der Waals surface area contributed by atoms with E-state index in [4.69, 9.17) is 5.11 Å². The lowest BCUT2D eigenvalue weighted by Gasteiger charge is -2.33. The van der Waals surface area contributed by atoms with Crippen molar-refractivity contribution in [2.24, 2.45) is 5.92 Å². The molecule has 0 amide bonds. The molecule has 0 spiro atoms. The second-order valence-electron chi connectivity index (χ2n) is 4.74. The first-order chi connectivity index (χ1) is 9.11. The van der Waals surface area contributed by atoms with Crippen molar-refractivity contribution in [3.8, 4) is 6.07 Å². The summed E-state index contributed by atoms with van der Waals surface area (Å²) in [4.78, 5) is 12.8. The number of aliphatic carboxylic acids is 1. The molecule has 0 saturated carbocycles. The quantitative estimate of drug-likeness (QED) is 0.906. The van der Waals surface area contributed by atoms with Crippen molar-refractivity contribution in [1.29, 1.82) is 5.26 Å². The van der Waals surface area contributed by atoms with Gasteiger partial charge in [-0.25, -0.2) is 4.39 Å². The van der Waals surface area contributed by atoms with Gasteiger partial charge in [0.1, 0.15) is 11.9 Å². The van der Waals surface area contributed by atoms with Crippen LogP contribution in [0, 0.1) is 23.1 Å². The topological polar surface area (TPSA) is 64.3 Å². The molecule has 1 N–H and O–H groups in total. The molecule has 19 heavy (non-hydrogen) atoms. The Morgan fingerprint density at radius 1 is 1.47 bits per heavy atom. The number of nitrogens with zero attached hydrogens (tertiary/aromatic N) is 2. The van der Waals surface area contributed by atoms with Crippen LogP contribution >= 0.6 is 0 Å². The fourth-order valence-corrected chi connectivity index (χ4v) is 2.45. The first-order valence-electron chi connectivity index (χ1n) is 6.23. The highest BCUT2D eigenvalue weighted by Gasteiger charge is 2.29.